The fourth-order valence-electron chi connectivity index (χ4n) is 2.04. The Hall–Kier alpha value is -0.200. The second-order valence-corrected chi connectivity index (χ2v) is 6.53. The predicted octanol–water partition coefficient (Wildman–Crippen LogP) is 4.14. The van der Waals surface area contributed by atoms with E-state index in [1.165, 1.54) is 25.7 Å². The highest BCUT2D eigenvalue weighted by atomic mass is 79.9. The molecule has 0 aliphatic heterocycles. The number of hydrogen-bond donors (Lipinski definition) is 2. The van der Waals surface area contributed by atoms with Crippen LogP contribution in [0.5, 0.6) is 0 Å². The van der Waals surface area contributed by atoms with Gasteiger partial charge in [-0.05, 0) is 69.4 Å². The molecule has 6 heteroatoms. The fraction of sp³-hybridized carbons (Fsp3) is 0.500. The van der Waals surface area contributed by atoms with E-state index in [-0.39, 0.29) is 0 Å². The van der Waals surface area contributed by atoms with E-state index in [4.69, 9.17) is 12.2 Å². The second-order valence-electron chi connectivity index (χ2n) is 4.47. The average molecular weight is 393 g/mol. The van der Waals surface area contributed by atoms with Crippen molar-refractivity contribution in [2.75, 3.05) is 5.32 Å². The number of thiocarbonyl (C=S) groups is 1. The van der Waals surface area contributed by atoms with Gasteiger partial charge in [0.1, 0.15) is 5.82 Å². The average Bonchev–Trinajstić information content (AvgIpc) is 2.83. The number of hydrogen-bond acceptors (Lipinski definition) is 2. The molecule has 2 N–H and O–H groups in total. The van der Waals surface area contributed by atoms with Gasteiger partial charge in [0.25, 0.3) is 0 Å². The van der Waals surface area contributed by atoms with Gasteiger partial charge < -0.3 is 10.6 Å². The highest BCUT2D eigenvalue weighted by molar-refractivity contribution is 9.11. The molecule has 2 rings (SSSR count). The summed E-state index contributed by atoms with van der Waals surface area (Å²) in [5.74, 6) is 0.756. The molecule has 1 aromatic heterocycles. The molecule has 0 aromatic carbocycles. The van der Waals surface area contributed by atoms with Crippen LogP contribution in [-0.4, -0.2) is 16.1 Å². The molecule has 0 atom stereocenters. The third kappa shape index (κ3) is 3.42. The van der Waals surface area contributed by atoms with E-state index in [0.29, 0.717) is 11.2 Å². The Morgan fingerprint density at radius 2 is 2.06 bits per heavy atom. The van der Waals surface area contributed by atoms with Crippen LogP contribution in [-0.2, 0) is 0 Å². The summed E-state index contributed by atoms with van der Waals surface area (Å²) in [6.07, 6.45) is 6.77. The largest absolute Gasteiger partial charge is 0.360 e. The number of nitrogens with zero attached hydrogens (tertiary/aromatic N) is 1. The van der Waals surface area contributed by atoms with Crippen molar-refractivity contribution in [1.29, 1.82) is 0 Å². The van der Waals surface area contributed by atoms with Crippen molar-refractivity contribution in [3.8, 4) is 0 Å². The molecular formula is C12H15Br2N3S. The molecule has 3 nitrogen and oxygen atoms in total. The van der Waals surface area contributed by atoms with E-state index in [1.807, 2.05) is 6.92 Å². The van der Waals surface area contributed by atoms with Crippen LogP contribution in [0.25, 0.3) is 0 Å². The highest BCUT2D eigenvalue weighted by Gasteiger charge is 2.16. The fourth-order valence-corrected chi connectivity index (χ4v) is 3.29. The molecule has 1 heterocycles. The standard InChI is InChI=1S/C12H15Br2N3S/c1-7-9(13)6-15-11(10(7)14)17-12(18)16-8-4-2-3-5-8/h6,8H,2-5H2,1H3,(H2,15,16,17,18). The molecule has 1 saturated carbocycles. The summed E-state index contributed by atoms with van der Waals surface area (Å²) in [6, 6.07) is 0.514. The van der Waals surface area contributed by atoms with Crippen molar-refractivity contribution in [2.24, 2.45) is 0 Å². The zero-order chi connectivity index (χ0) is 13.1. The molecule has 0 unspecified atom stereocenters. The first-order valence-electron chi connectivity index (χ1n) is 5.96. The zero-order valence-electron chi connectivity index (χ0n) is 10.1. The molecule has 0 radical (unpaired) electrons. The van der Waals surface area contributed by atoms with Crippen LogP contribution in [0, 0.1) is 6.92 Å². The maximum atomic E-state index is 5.31. The van der Waals surface area contributed by atoms with Gasteiger partial charge in [-0.2, -0.15) is 0 Å². The maximum Gasteiger partial charge on any atom is 0.172 e. The van der Waals surface area contributed by atoms with Crippen molar-refractivity contribution < 1.29 is 0 Å². The molecule has 0 amide bonds. The minimum Gasteiger partial charge on any atom is -0.360 e. The predicted molar refractivity (Wildman–Crippen MR) is 86.0 cm³/mol. The summed E-state index contributed by atoms with van der Waals surface area (Å²) in [5.41, 5.74) is 1.11. The van der Waals surface area contributed by atoms with E-state index in [0.717, 1.165) is 20.3 Å². The lowest BCUT2D eigenvalue weighted by Crippen LogP contribution is -2.36. The number of rotatable bonds is 2. The van der Waals surface area contributed by atoms with Gasteiger partial charge in [-0.3, -0.25) is 0 Å². The first kappa shape index (κ1) is 14.2. The molecule has 0 bridgehead atoms. The molecule has 1 aliphatic carbocycles. The molecule has 1 aromatic rings. The Labute approximate surface area is 129 Å². The summed E-state index contributed by atoms with van der Waals surface area (Å²) in [4.78, 5) is 4.32. The Morgan fingerprint density at radius 3 is 2.72 bits per heavy atom. The van der Waals surface area contributed by atoms with Gasteiger partial charge in [0.05, 0.1) is 4.47 Å². The molecule has 1 aliphatic rings. The molecule has 98 valence electrons. The number of halogens is 2. The smallest absolute Gasteiger partial charge is 0.172 e. The van der Waals surface area contributed by atoms with Gasteiger partial charge in [-0.1, -0.05) is 12.8 Å². The Kier molecular flexibility index (Phi) is 4.98. The van der Waals surface area contributed by atoms with Crippen molar-refractivity contribution in [3.05, 3.63) is 20.7 Å². The second kappa shape index (κ2) is 6.30. The van der Waals surface area contributed by atoms with E-state index in [9.17, 15) is 0 Å². The number of pyridine rings is 1. The quantitative estimate of drug-likeness (QED) is 0.741. The first-order chi connectivity index (χ1) is 8.58. The number of aromatic nitrogens is 1. The van der Waals surface area contributed by atoms with Gasteiger partial charge in [0, 0.05) is 16.7 Å². The van der Waals surface area contributed by atoms with Crippen LogP contribution in [0.3, 0.4) is 0 Å². The topological polar surface area (TPSA) is 37.0 Å². The molecular weight excluding hydrogens is 378 g/mol. The minimum atomic E-state index is 0.514. The lowest BCUT2D eigenvalue weighted by Gasteiger charge is -2.16. The van der Waals surface area contributed by atoms with Crippen LogP contribution in [0.4, 0.5) is 5.82 Å². The Morgan fingerprint density at radius 1 is 1.39 bits per heavy atom. The van der Waals surface area contributed by atoms with Crippen molar-refractivity contribution in [2.45, 2.75) is 38.6 Å². The molecule has 0 spiro atoms. The third-order valence-electron chi connectivity index (χ3n) is 3.12. The van der Waals surface area contributed by atoms with Crippen molar-refractivity contribution in [1.82, 2.24) is 10.3 Å². The van der Waals surface area contributed by atoms with E-state index in [1.54, 1.807) is 6.20 Å². The Balaban J connectivity index is 2.00. The summed E-state index contributed by atoms with van der Waals surface area (Å²) >= 11 is 12.3. The summed E-state index contributed by atoms with van der Waals surface area (Å²) in [6.45, 7) is 2.02. The minimum absolute atomic E-state index is 0.514. The third-order valence-corrected chi connectivity index (χ3v) is 5.11. The van der Waals surface area contributed by atoms with Gasteiger partial charge in [-0.25, -0.2) is 4.98 Å². The van der Waals surface area contributed by atoms with Gasteiger partial charge >= 0.3 is 0 Å². The maximum absolute atomic E-state index is 5.31. The van der Waals surface area contributed by atoms with E-state index < -0.39 is 0 Å². The van der Waals surface area contributed by atoms with Crippen LogP contribution < -0.4 is 10.6 Å². The summed E-state index contributed by atoms with van der Waals surface area (Å²) < 4.78 is 1.92. The van der Waals surface area contributed by atoms with Gasteiger partial charge in [0.15, 0.2) is 5.11 Å². The van der Waals surface area contributed by atoms with Crippen LogP contribution in [0.1, 0.15) is 31.2 Å². The van der Waals surface area contributed by atoms with Crippen LogP contribution in [0.2, 0.25) is 0 Å². The highest BCUT2D eigenvalue weighted by Crippen LogP contribution is 2.29. The molecule has 1 fully saturated rings. The Bertz CT molecular complexity index is 459. The van der Waals surface area contributed by atoms with Crippen LogP contribution >= 0.6 is 44.1 Å². The lowest BCUT2D eigenvalue weighted by molar-refractivity contribution is 0.634. The van der Waals surface area contributed by atoms with Gasteiger partial charge in [-0.15, -0.1) is 0 Å². The van der Waals surface area contributed by atoms with Crippen LogP contribution in [0.15, 0.2) is 15.1 Å². The SMILES string of the molecule is Cc1c(Br)cnc(NC(=S)NC2CCCC2)c1Br. The first-order valence-corrected chi connectivity index (χ1v) is 7.95. The summed E-state index contributed by atoms with van der Waals surface area (Å²) in [7, 11) is 0. The van der Waals surface area contributed by atoms with E-state index >= 15 is 0 Å². The monoisotopic (exact) mass is 391 g/mol. The van der Waals surface area contributed by atoms with Crippen molar-refractivity contribution >= 4 is 55.0 Å². The number of nitrogens with one attached hydrogen (secondary N) is 2. The summed E-state index contributed by atoms with van der Waals surface area (Å²) in [5, 5.41) is 7.13. The normalized spacial score (nSPS) is 15.7. The van der Waals surface area contributed by atoms with E-state index in [2.05, 4.69) is 47.5 Å². The zero-order valence-corrected chi connectivity index (χ0v) is 14.1. The lowest BCUT2D eigenvalue weighted by atomic mass is 10.2. The number of anilines is 1. The molecule has 18 heavy (non-hydrogen) atoms. The molecule has 0 saturated heterocycles. The van der Waals surface area contributed by atoms with Crippen molar-refractivity contribution in [3.63, 3.8) is 0 Å². The van der Waals surface area contributed by atoms with Gasteiger partial charge in [0.2, 0.25) is 0 Å².